The van der Waals surface area contributed by atoms with Gasteiger partial charge in [-0.05, 0) is 24.8 Å². The molecule has 0 aromatic heterocycles. The zero-order valence-corrected chi connectivity index (χ0v) is 11.4. The van der Waals surface area contributed by atoms with Crippen molar-refractivity contribution in [1.82, 2.24) is 0 Å². The van der Waals surface area contributed by atoms with Crippen LogP contribution in [0, 0.1) is 17.6 Å². The largest absolute Gasteiger partial charge is 0.379 e. The first-order valence-electron chi connectivity index (χ1n) is 6.56. The molecule has 2 nitrogen and oxygen atoms in total. The monoisotopic (exact) mass is 282 g/mol. The number of hydrogen-bond acceptors (Lipinski definition) is 3. The minimum Gasteiger partial charge on any atom is -0.379 e. The molecule has 2 atom stereocenters. The zero-order chi connectivity index (χ0) is 13.5. The second-order valence-corrected chi connectivity index (χ2v) is 6.27. The summed E-state index contributed by atoms with van der Waals surface area (Å²) in [6.07, 6.45) is 3.85. The van der Waals surface area contributed by atoms with Crippen molar-refractivity contribution in [3.05, 3.63) is 35.4 Å². The normalized spacial score (nSPS) is 30.6. The van der Waals surface area contributed by atoms with Crippen LogP contribution in [0.4, 0.5) is 8.78 Å². The number of benzene rings is 1. The van der Waals surface area contributed by atoms with Crippen molar-refractivity contribution in [1.29, 1.82) is 0 Å². The van der Waals surface area contributed by atoms with Crippen LogP contribution in [-0.4, -0.2) is 10.9 Å². The Morgan fingerprint density at radius 1 is 1.32 bits per heavy atom. The van der Waals surface area contributed by atoms with Gasteiger partial charge in [0.05, 0.1) is 5.54 Å². The number of amidine groups is 1. The second kappa shape index (κ2) is 4.78. The van der Waals surface area contributed by atoms with Crippen molar-refractivity contribution in [2.24, 2.45) is 16.6 Å². The van der Waals surface area contributed by atoms with Gasteiger partial charge in [-0.2, -0.15) is 0 Å². The summed E-state index contributed by atoms with van der Waals surface area (Å²) >= 11 is 1.52. The number of hydrogen-bond donors (Lipinski definition) is 1. The van der Waals surface area contributed by atoms with Gasteiger partial charge in [0.25, 0.3) is 0 Å². The van der Waals surface area contributed by atoms with Gasteiger partial charge in [0.1, 0.15) is 0 Å². The minimum absolute atomic E-state index is 0.245. The molecule has 1 unspecified atom stereocenters. The quantitative estimate of drug-likeness (QED) is 0.857. The summed E-state index contributed by atoms with van der Waals surface area (Å²) in [5, 5.41) is 0.488. The Bertz CT molecular complexity index is 532. The summed E-state index contributed by atoms with van der Waals surface area (Å²) in [5.74, 6) is -0.485. The standard InChI is InChI=1S/C14H16F2N2S/c15-11-6-3-5-10(12(11)16)14-7-2-1-4-9(14)8-19-13(17)18-14/h3,5-6,9H,1-2,4,7-8H2,(H2,17,18)/t9?,14-/m0/s1. The Labute approximate surface area is 115 Å². The van der Waals surface area contributed by atoms with Crippen LogP contribution in [0.1, 0.15) is 31.2 Å². The fraction of sp³-hybridized carbons (Fsp3) is 0.500. The molecule has 0 bridgehead atoms. The van der Waals surface area contributed by atoms with E-state index in [9.17, 15) is 8.78 Å². The van der Waals surface area contributed by atoms with E-state index in [-0.39, 0.29) is 5.92 Å². The van der Waals surface area contributed by atoms with E-state index in [2.05, 4.69) is 4.99 Å². The van der Waals surface area contributed by atoms with E-state index < -0.39 is 17.2 Å². The lowest BCUT2D eigenvalue weighted by Gasteiger charge is -2.44. The molecule has 5 heteroatoms. The van der Waals surface area contributed by atoms with E-state index in [0.717, 1.165) is 37.5 Å². The molecule has 3 rings (SSSR count). The van der Waals surface area contributed by atoms with Crippen molar-refractivity contribution in [3.63, 3.8) is 0 Å². The molecule has 2 N–H and O–H groups in total. The summed E-state index contributed by atoms with van der Waals surface area (Å²) in [5.41, 5.74) is 5.57. The van der Waals surface area contributed by atoms with E-state index in [1.165, 1.54) is 11.8 Å². The van der Waals surface area contributed by atoms with Crippen molar-refractivity contribution in [3.8, 4) is 0 Å². The van der Waals surface area contributed by atoms with E-state index in [1.807, 2.05) is 0 Å². The highest BCUT2D eigenvalue weighted by Gasteiger charge is 2.46. The molecule has 0 spiro atoms. The third-order valence-corrected chi connectivity index (χ3v) is 5.15. The number of fused-ring (bicyclic) bond motifs is 1. The predicted octanol–water partition coefficient (Wildman–Crippen LogP) is 3.41. The van der Waals surface area contributed by atoms with Crippen LogP contribution in [0.25, 0.3) is 0 Å². The molecular weight excluding hydrogens is 266 g/mol. The molecule has 1 aromatic carbocycles. The lowest BCUT2D eigenvalue weighted by Crippen LogP contribution is -2.43. The molecule has 2 aliphatic rings. The number of nitrogens with two attached hydrogens (primary N) is 1. The van der Waals surface area contributed by atoms with Crippen LogP contribution >= 0.6 is 11.8 Å². The third kappa shape index (κ3) is 2.04. The topological polar surface area (TPSA) is 38.4 Å². The summed E-state index contributed by atoms with van der Waals surface area (Å²) in [6, 6.07) is 4.36. The van der Waals surface area contributed by atoms with Gasteiger partial charge in [-0.1, -0.05) is 36.7 Å². The molecule has 1 heterocycles. The number of rotatable bonds is 1. The Morgan fingerprint density at radius 3 is 3.00 bits per heavy atom. The predicted molar refractivity (Wildman–Crippen MR) is 74.1 cm³/mol. The first kappa shape index (κ1) is 12.9. The highest BCUT2D eigenvalue weighted by molar-refractivity contribution is 8.13. The molecule has 0 amide bonds. The van der Waals surface area contributed by atoms with E-state index in [1.54, 1.807) is 12.1 Å². The Morgan fingerprint density at radius 2 is 2.16 bits per heavy atom. The molecule has 1 saturated carbocycles. The van der Waals surface area contributed by atoms with E-state index in [4.69, 9.17) is 5.73 Å². The molecule has 1 fully saturated rings. The Hall–Kier alpha value is -1.10. The van der Waals surface area contributed by atoms with Gasteiger partial charge in [0.15, 0.2) is 16.8 Å². The van der Waals surface area contributed by atoms with Crippen molar-refractivity contribution < 1.29 is 8.78 Å². The summed E-state index contributed by atoms with van der Waals surface area (Å²) in [7, 11) is 0. The molecule has 19 heavy (non-hydrogen) atoms. The van der Waals surface area contributed by atoms with Crippen molar-refractivity contribution >= 4 is 16.9 Å². The lowest BCUT2D eigenvalue weighted by molar-refractivity contribution is 0.204. The average molecular weight is 282 g/mol. The molecule has 1 aliphatic heterocycles. The lowest BCUT2D eigenvalue weighted by atomic mass is 9.69. The maximum absolute atomic E-state index is 14.2. The smallest absolute Gasteiger partial charge is 0.164 e. The molecule has 102 valence electrons. The molecular formula is C14H16F2N2S. The van der Waals surface area contributed by atoms with Gasteiger partial charge in [-0.15, -0.1) is 0 Å². The van der Waals surface area contributed by atoms with Gasteiger partial charge in [-0.25, -0.2) is 8.78 Å². The number of halogens is 2. The van der Waals surface area contributed by atoms with Crippen LogP contribution in [0.5, 0.6) is 0 Å². The minimum atomic E-state index is -0.803. The summed E-state index contributed by atoms with van der Waals surface area (Å²) < 4.78 is 27.7. The number of aliphatic imine (C=N–C) groups is 1. The fourth-order valence-corrected chi connectivity index (χ4v) is 4.31. The van der Waals surface area contributed by atoms with Crippen LogP contribution in [0.15, 0.2) is 23.2 Å². The molecule has 0 saturated heterocycles. The van der Waals surface area contributed by atoms with E-state index >= 15 is 0 Å². The number of nitrogens with zero attached hydrogens (tertiary/aromatic N) is 1. The third-order valence-electron chi connectivity index (χ3n) is 4.20. The summed E-state index contributed by atoms with van der Waals surface area (Å²) in [6.45, 7) is 0. The van der Waals surface area contributed by atoms with Gasteiger partial charge in [0.2, 0.25) is 0 Å². The summed E-state index contributed by atoms with van der Waals surface area (Å²) in [4.78, 5) is 4.56. The second-order valence-electron chi connectivity index (χ2n) is 5.23. The van der Waals surface area contributed by atoms with Crippen molar-refractivity contribution in [2.75, 3.05) is 5.75 Å². The molecule has 1 aliphatic carbocycles. The SMILES string of the molecule is NC1=N[C@@]2(c3cccc(F)c3F)CCCCC2CS1. The zero-order valence-electron chi connectivity index (χ0n) is 10.5. The Kier molecular flexibility index (Phi) is 3.25. The van der Waals surface area contributed by atoms with Crippen LogP contribution in [0.2, 0.25) is 0 Å². The van der Waals surface area contributed by atoms with Gasteiger partial charge in [0, 0.05) is 11.3 Å². The first-order valence-corrected chi connectivity index (χ1v) is 7.54. The highest BCUT2D eigenvalue weighted by atomic mass is 32.2. The maximum atomic E-state index is 14.2. The maximum Gasteiger partial charge on any atom is 0.164 e. The van der Waals surface area contributed by atoms with Crippen LogP contribution < -0.4 is 5.73 Å². The fourth-order valence-electron chi connectivity index (χ4n) is 3.26. The first-order chi connectivity index (χ1) is 9.13. The molecule has 0 radical (unpaired) electrons. The van der Waals surface area contributed by atoms with E-state index in [0.29, 0.717) is 10.7 Å². The van der Waals surface area contributed by atoms with Gasteiger partial charge in [-0.3, -0.25) is 4.99 Å². The van der Waals surface area contributed by atoms with Crippen LogP contribution in [-0.2, 0) is 5.54 Å². The Balaban J connectivity index is 2.16. The molecule has 1 aromatic rings. The van der Waals surface area contributed by atoms with Gasteiger partial charge >= 0.3 is 0 Å². The van der Waals surface area contributed by atoms with Crippen molar-refractivity contribution in [2.45, 2.75) is 31.2 Å². The number of thioether (sulfide) groups is 1. The average Bonchev–Trinajstić information content (AvgIpc) is 2.41. The highest BCUT2D eigenvalue weighted by Crippen LogP contribution is 2.49. The van der Waals surface area contributed by atoms with Gasteiger partial charge < -0.3 is 5.73 Å². The van der Waals surface area contributed by atoms with Crippen LogP contribution in [0.3, 0.4) is 0 Å².